The van der Waals surface area contributed by atoms with Gasteiger partial charge in [-0.25, -0.2) is 4.79 Å². The highest BCUT2D eigenvalue weighted by Crippen LogP contribution is 2.26. The van der Waals surface area contributed by atoms with Gasteiger partial charge in [-0.15, -0.1) is 0 Å². The summed E-state index contributed by atoms with van der Waals surface area (Å²) in [6, 6.07) is 4.32. The van der Waals surface area contributed by atoms with Crippen LogP contribution in [0.25, 0.3) is 0 Å². The van der Waals surface area contributed by atoms with Gasteiger partial charge in [-0.1, -0.05) is 15.9 Å². The van der Waals surface area contributed by atoms with Gasteiger partial charge in [0.1, 0.15) is 5.75 Å². The molecule has 1 aromatic rings. The van der Waals surface area contributed by atoms with Crippen LogP contribution < -0.4 is 4.74 Å². The molecule has 112 valence electrons. The predicted octanol–water partition coefficient (Wildman–Crippen LogP) is 2.16. The van der Waals surface area contributed by atoms with Gasteiger partial charge in [0.2, 0.25) is 0 Å². The molecular weight excluding hydrogens is 340 g/mol. The van der Waals surface area contributed by atoms with E-state index in [1.807, 2.05) is 0 Å². The third-order valence-electron chi connectivity index (χ3n) is 3.17. The molecule has 1 aliphatic heterocycles. The molecule has 1 aromatic carbocycles. The summed E-state index contributed by atoms with van der Waals surface area (Å²) in [6.45, 7) is 3.37. The molecule has 0 aromatic heterocycles. The molecule has 0 bridgehead atoms. The summed E-state index contributed by atoms with van der Waals surface area (Å²) in [5.74, 6) is -1.05. The van der Waals surface area contributed by atoms with Gasteiger partial charge in [-0.05, 0) is 32.0 Å². The average molecular weight is 355 g/mol. The molecule has 2 rings (SSSR count). The van der Waals surface area contributed by atoms with Gasteiger partial charge in [0.25, 0.3) is 0 Å². The van der Waals surface area contributed by atoms with Crippen molar-refractivity contribution in [2.75, 3.05) is 7.11 Å². The molecule has 0 saturated carbocycles. The number of amides is 4. The highest BCUT2D eigenvalue weighted by Gasteiger charge is 2.45. The van der Waals surface area contributed by atoms with E-state index in [1.54, 1.807) is 32.0 Å². The Morgan fingerprint density at radius 1 is 1.19 bits per heavy atom. The second kappa shape index (κ2) is 5.85. The number of urea groups is 1. The third kappa shape index (κ3) is 2.78. The van der Waals surface area contributed by atoms with Gasteiger partial charge in [0.15, 0.2) is 0 Å². The second-order valence-corrected chi connectivity index (χ2v) is 5.81. The fraction of sp³-hybridized carbons (Fsp3) is 0.357. The van der Waals surface area contributed by atoms with Crippen LogP contribution in [0, 0.1) is 0 Å². The first kappa shape index (κ1) is 15.5. The summed E-state index contributed by atoms with van der Waals surface area (Å²) >= 11 is 3.33. The third-order valence-corrected chi connectivity index (χ3v) is 3.66. The number of rotatable bonds is 4. The Balaban J connectivity index is 2.32. The molecule has 0 spiro atoms. The zero-order valence-corrected chi connectivity index (χ0v) is 13.5. The number of methoxy groups -OCH3 is 1. The molecule has 1 heterocycles. The van der Waals surface area contributed by atoms with Crippen LogP contribution in [0.3, 0.4) is 0 Å². The van der Waals surface area contributed by atoms with Crippen molar-refractivity contribution in [3.8, 4) is 5.75 Å². The molecule has 4 amide bonds. The van der Waals surface area contributed by atoms with Crippen molar-refractivity contribution in [3.63, 3.8) is 0 Å². The highest BCUT2D eigenvalue weighted by molar-refractivity contribution is 9.10. The van der Waals surface area contributed by atoms with E-state index in [0.29, 0.717) is 11.3 Å². The van der Waals surface area contributed by atoms with Crippen molar-refractivity contribution < 1.29 is 19.1 Å². The monoisotopic (exact) mass is 354 g/mol. The first-order chi connectivity index (χ1) is 9.86. The van der Waals surface area contributed by atoms with Crippen LogP contribution in [0.1, 0.15) is 19.4 Å². The number of imide groups is 2. The number of hydrogen-bond donors (Lipinski definition) is 0. The topological polar surface area (TPSA) is 66.9 Å². The number of carbonyl (C=O) groups is 3. The van der Waals surface area contributed by atoms with Gasteiger partial charge in [-0.3, -0.25) is 19.4 Å². The highest BCUT2D eigenvalue weighted by atomic mass is 79.9. The van der Waals surface area contributed by atoms with Crippen molar-refractivity contribution >= 4 is 33.8 Å². The van der Waals surface area contributed by atoms with E-state index in [9.17, 15) is 14.4 Å². The van der Waals surface area contributed by atoms with Crippen LogP contribution in [0.5, 0.6) is 5.75 Å². The summed E-state index contributed by atoms with van der Waals surface area (Å²) in [5.41, 5.74) is 0.645. The normalized spacial score (nSPS) is 15.4. The number of carbonyl (C=O) groups excluding carboxylic acids is 3. The minimum atomic E-state index is -0.810. The molecule has 7 heteroatoms. The Hall–Kier alpha value is -1.89. The van der Waals surface area contributed by atoms with E-state index in [1.165, 1.54) is 7.11 Å². The maximum atomic E-state index is 12.2. The Bertz CT molecular complexity index is 615. The lowest BCUT2D eigenvalue weighted by Gasteiger charge is -2.19. The van der Waals surface area contributed by atoms with Gasteiger partial charge in [0, 0.05) is 16.1 Å². The zero-order valence-electron chi connectivity index (χ0n) is 11.9. The second-order valence-electron chi connectivity index (χ2n) is 4.90. The Labute approximate surface area is 130 Å². The van der Waals surface area contributed by atoms with E-state index in [-0.39, 0.29) is 12.6 Å². The Kier molecular flexibility index (Phi) is 4.32. The number of benzene rings is 1. The van der Waals surface area contributed by atoms with Crippen LogP contribution in [0.15, 0.2) is 22.7 Å². The van der Waals surface area contributed by atoms with E-state index in [2.05, 4.69) is 15.9 Å². The van der Waals surface area contributed by atoms with E-state index in [0.717, 1.165) is 14.3 Å². The number of hydrogen-bond acceptors (Lipinski definition) is 4. The lowest BCUT2D eigenvalue weighted by atomic mass is 10.2. The molecule has 1 aliphatic rings. The van der Waals surface area contributed by atoms with Crippen molar-refractivity contribution in [2.45, 2.75) is 26.4 Å². The van der Waals surface area contributed by atoms with Crippen molar-refractivity contribution in [1.29, 1.82) is 0 Å². The molecule has 0 aliphatic carbocycles. The first-order valence-electron chi connectivity index (χ1n) is 6.38. The van der Waals surface area contributed by atoms with Crippen LogP contribution in [0.2, 0.25) is 0 Å². The van der Waals surface area contributed by atoms with Gasteiger partial charge < -0.3 is 4.74 Å². The first-order valence-corrected chi connectivity index (χ1v) is 7.17. The molecule has 6 nitrogen and oxygen atoms in total. The van der Waals surface area contributed by atoms with Gasteiger partial charge >= 0.3 is 17.8 Å². The predicted molar refractivity (Wildman–Crippen MR) is 78.6 cm³/mol. The van der Waals surface area contributed by atoms with E-state index < -0.39 is 17.8 Å². The summed E-state index contributed by atoms with van der Waals surface area (Å²) < 4.78 is 6.01. The van der Waals surface area contributed by atoms with Gasteiger partial charge in [-0.2, -0.15) is 0 Å². The van der Waals surface area contributed by atoms with Crippen molar-refractivity contribution in [3.05, 3.63) is 28.2 Å². The number of nitrogens with zero attached hydrogens (tertiary/aromatic N) is 2. The fourth-order valence-electron chi connectivity index (χ4n) is 2.16. The maximum absolute atomic E-state index is 12.2. The average Bonchev–Trinajstić information content (AvgIpc) is 2.63. The minimum Gasteiger partial charge on any atom is -0.496 e. The molecular formula is C14H15BrN2O4. The lowest BCUT2D eigenvalue weighted by Crippen LogP contribution is -2.37. The van der Waals surface area contributed by atoms with Crippen LogP contribution in [-0.2, 0) is 16.1 Å². The molecule has 1 saturated heterocycles. The summed E-state index contributed by atoms with van der Waals surface area (Å²) in [6.07, 6.45) is 0. The Morgan fingerprint density at radius 3 is 2.38 bits per heavy atom. The quantitative estimate of drug-likeness (QED) is 0.613. The van der Waals surface area contributed by atoms with Crippen LogP contribution >= 0.6 is 15.9 Å². The summed E-state index contributed by atoms with van der Waals surface area (Å²) in [4.78, 5) is 38.0. The molecule has 0 N–H and O–H groups in total. The van der Waals surface area contributed by atoms with Crippen LogP contribution in [0.4, 0.5) is 4.79 Å². The molecule has 0 radical (unpaired) electrons. The summed E-state index contributed by atoms with van der Waals surface area (Å²) in [7, 11) is 1.51. The summed E-state index contributed by atoms with van der Waals surface area (Å²) in [5, 5.41) is 0. The molecule has 0 unspecified atom stereocenters. The van der Waals surface area contributed by atoms with Crippen molar-refractivity contribution in [2.24, 2.45) is 0 Å². The fourth-order valence-corrected chi connectivity index (χ4v) is 2.57. The van der Waals surface area contributed by atoms with E-state index in [4.69, 9.17) is 4.74 Å². The maximum Gasteiger partial charge on any atom is 0.334 e. The smallest absolute Gasteiger partial charge is 0.334 e. The SMILES string of the molecule is COc1ccc(Br)cc1CN1C(=O)C(=O)N(C(C)C)C1=O. The molecule has 21 heavy (non-hydrogen) atoms. The van der Waals surface area contributed by atoms with Crippen molar-refractivity contribution in [1.82, 2.24) is 9.80 Å². The minimum absolute atomic E-state index is 0.00472. The van der Waals surface area contributed by atoms with Gasteiger partial charge in [0.05, 0.1) is 13.7 Å². The molecule has 0 atom stereocenters. The Morgan fingerprint density at radius 2 is 1.86 bits per heavy atom. The van der Waals surface area contributed by atoms with E-state index >= 15 is 0 Å². The largest absolute Gasteiger partial charge is 0.496 e. The zero-order chi connectivity index (χ0) is 15.7. The number of ether oxygens (including phenoxy) is 1. The van der Waals surface area contributed by atoms with Crippen LogP contribution in [-0.4, -0.2) is 40.8 Å². The standard InChI is InChI=1S/C14H15BrN2O4/c1-8(2)17-13(19)12(18)16(14(17)20)7-9-6-10(15)4-5-11(9)21-3/h4-6,8H,7H2,1-3H3. The lowest BCUT2D eigenvalue weighted by molar-refractivity contribution is -0.144. The number of halogens is 1. The molecule has 1 fully saturated rings.